The van der Waals surface area contributed by atoms with E-state index >= 15 is 0 Å². The largest absolute Gasteiger partial charge is 0.389 e. The van der Waals surface area contributed by atoms with Gasteiger partial charge in [0.2, 0.25) is 0 Å². The Morgan fingerprint density at radius 2 is 1.79 bits per heavy atom. The third-order valence-corrected chi connectivity index (χ3v) is 4.70. The minimum absolute atomic E-state index is 0.0575. The van der Waals surface area contributed by atoms with Gasteiger partial charge in [0.05, 0.1) is 25.1 Å². The lowest BCUT2D eigenvalue weighted by atomic mass is 10.1. The average Bonchev–Trinajstić information content (AvgIpc) is 2.12. The van der Waals surface area contributed by atoms with Crippen LogP contribution < -0.4 is 0 Å². The van der Waals surface area contributed by atoms with E-state index in [0.717, 1.165) is 0 Å². The van der Waals surface area contributed by atoms with Gasteiger partial charge >= 0.3 is 0 Å². The Kier molecular flexibility index (Phi) is 7.11. The van der Waals surface area contributed by atoms with E-state index in [1.807, 2.05) is 0 Å². The molecule has 0 aliphatic heterocycles. The standard InChI is InChI=1S/C9H18O8S2/c1-3-4-17-5-8(10)9(19(14,15)16)7(2)6-18(11,12)13/h3,7-10H,1,4-6H2,2H3,(H,11,12,13)(H,14,15,16). The van der Waals surface area contributed by atoms with Crippen molar-refractivity contribution < 1.29 is 35.8 Å². The summed E-state index contributed by atoms with van der Waals surface area (Å²) in [5, 5.41) is 7.89. The minimum Gasteiger partial charge on any atom is -0.389 e. The molecule has 8 nitrogen and oxygen atoms in total. The molecule has 3 unspecified atom stereocenters. The van der Waals surface area contributed by atoms with E-state index in [9.17, 15) is 21.9 Å². The predicted octanol–water partition coefficient (Wildman–Crippen LogP) is -0.670. The highest BCUT2D eigenvalue weighted by Crippen LogP contribution is 2.18. The number of aliphatic hydroxyl groups is 1. The molecule has 0 aliphatic carbocycles. The Morgan fingerprint density at radius 3 is 2.16 bits per heavy atom. The molecule has 10 heteroatoms. The summed E-state index contributed by atoms with van der Waals surface area (Å²) >= 11 is 0. The Balaban J connectivity index is 4.96. The molecule has 0 bridgehead atoms. The predicted molar refractivity (Wildman–Crippen MR) is 67.9 cm³/mol. The van der Waals surface area contributed by atoms with Crippen molar-refractivity contribution >= 4 is 20.2 Å². The van der Waals surface area contributed by atoms with Crippen LogP contribution in [0.25, 0.3) is 0 Å². The smallest absolute Gasteiger partial charge is 0.270 e. The maximum Gasteiger partial charge on any atom is 0.270 e. The Morgan fingerprint density at radius 1 is 1.26 bits per heavy atom. The van der Waals surface area contributed by atoms with Crippen LogP contribution in [0.5, 0.6) is 0 Å². The highest BCUT2D eigenvalue weighted by atomic mass is 32.2. The van der Waals surface area contributed by atoms with E-state index in [4.69, 9.17) is 13.8 Å². The lowest BCUT2D eigenvalue weighted by Crippen LogP contribution is -2.44. The van der Waals surface area contributed by atoms with Crippen molar-refractivity contribution in [2.45, 2.75) is 18.3 Å². The number of hydrogen-bond acceptors (Lipinski definition) is 6. The molecular weight excluding hydrogens is 300 g/mol. The van der Waals surface area contributed by atoms with Crippen molar-refractivity contribution in [1.29, 1.82) is 0 Å². The molecule has 3 atom stereocenters. The van der Waals surface area contributed by atoms with Gasteiger partial charge in [-0.2, -0.15) is 16.8 Å². The molecule has 0 heterocycles. The van der Waals surface area contributed by atoms with Gasteiger partial charge in [0, 0.05) is 0 Å². The van der Waals surface area contributed by atoms with Gasteiger partial charge in [0.15, 0.2) is 0 Å². The summed E-state index contributed by atoms with van der Waals surface area (Å²) in [6.45, 7) is 4.15. The van der Waals surface area contributed by atoms with Gasteiger partial charge in [-0.3, -0.25) is 9.11 Å². The molecule has 19 heavy (non-hydrogen) atoms. The lowest BCUT2D eigenvalue weighted by Gasteiger charge is -2.24. The summed E-state index contributed by atoms with van der Waals surface area (Å²) in [5.41, 5.74) is 0. The second-order valence-electron chi connectivity index (χ2n) is 4.10. The summed E-state index contributed by atoms with van der Waals surface area (Å²) in [4.78, 5) is 0. The van der Waals surface area contributed by atoms with Crippen LogP contribution in [0.15, 0.2) is 12.7 Å². The first-order chi connectivity index (χ1) is 8.49. The number of aliphatic hydroxyl groups excluding tert-OH is 1. The highest BCUT2D eigenvalue weighted by Gasteiger charge is 2.37. The average molecular weight is 318 g/mol. The SMILES string of the molecule is C=CCOCC(O)C(C(C)CS(=O)(=O)O)S(=O)(=O)O. The van der Waals surface area contributed by atoms with Crippen LogP contribution in [0, 0.1) is 5.92 Å². The second kappa shape index (κ2) is 7.31. The molecule has 0 spiro atoms. The zero-order valence-corrected chi connectivity index (χ0v) is 12.0. The molecule has 3 N–H and O–H groups in total. The molecule has 0 saturated heterocycles. The summed E-state index contributed by atoms with van der Waals surface area (Å²) in [6, 6.07) is 0. The fourth-order valence-electron chi connectivity index (χ4n) is 1.67. The monoisotopic (exact) mass is 318 g/mol. The zero-order valence-electron chi connectivity index (χ0n) is 10.3. The van der Waals surface area contributed by atoms with Crippen LogP contribution in [-0.4, -0.2) is 61.4 Å². The first-order valence-corrected chi connectivity index (χ1v) is 8.38. The van der Waals surface area contributed by atoms with E-state index in [-0.39, 0.29) is 6.61 Å². The molecule has 0 amide bonds. The molecule has 0 rings (SSSR count). The second-order valence-corrected chi connectivity index (χ2v) is 7.17. The minimum atomic E-state index is -4.70. The van der Waals surface area contributed by atoms with Crippen molar-refractivity contribution in [2.75, 3.05) is 19.0 Å². The third-order valence-electron chi connectivity index (χ3n) is 2.28. The maximum atomic E-state index is 11.2. The van der Waals surface area contributed by atoms with Gasteiger partial charge in [-0.05, 0) is 5.92 Å². The van der Waals surface area contributed by atoms with Crippen LogP contribution in [0.3, 0.4) is 0 Å². The van der Waals surface area contributed by atoms with E-state index in [1.165, 1.54) is 13.0 Å². The molecule has 0 fully saturated rings. The molecule has 0 saturated carbocycles. The maximum absolute atomic E-state index is 11.2. The number of rotatable bonds is 9. The fourth-order valence-corrected chi connectivity index (χ4v) is 3.82. The van der Waals surface area contributed by atoms with Crippen molar-refractivity contribution in [1.82, 2.24) is 0 Å². The number of ether oxygens (including phenoxy) is 1. The van der Waals surface area contributed by atoms with Crippen molar-refractivity contribution in [2.24, 2.45) is 5.92 Å². The van der Waals surface area contributed by atoms with E-state index in [1.54, 1.807) is 0 Å². The Bertz CT molecular complexity index is 480. The van der Waals surface area contributed by atoms with Gasteiger partial charge in [0.25, 0.3) is 20.2 Å². The van der Waals surface area contributed by atoms with Crippen LogP contribution >= 0.6 is 0 Å². The third kappa shape index (κ3) is 7.60. The van der Waals surface area contributed by atoms with Crippen LogP contribution in [-0.2, 0) is 25.0 Å². The molecule has 0 aliphatic rings. The quantitative estimate of drug-likeness (QED) is 0.289. The molecule has 0 radical (unpaired) electrons. The molecule has 0 aromatic heterocycles. The summed E-state index contributed by atoms with van der Waals surface area (Å²) in [6.07, 6.45) is -0.261. The first-order valence-electron chi connectivity index (χ1n) is 5.27. The molecule has 0 aromatic rings. The summed E-state index contributed by atoms with van der Waals surface area (Å²) in [7, 11) is -9.14. The lowest BCUT2D eigenvalue weighted by molar-refractivity contribution is 0.0387. The molecule has 114 valence electrons. The van der Waals surface area contributed by atoms with Crippen molar-refractivity contribution in [3.63, 3.8) is 0 Å². The molecular formula is C9H18O8S2. The van der Waals surface area contributed by atoms with Gasteiger partial charge in [-0.1, -0.05) is 13.0 Å². The van der Waals surface area contributed by atoms with Gasteiger partial charge < -0.3 is 9.84 Å². The normalized spacial score (nSPS) is 17.7. The Hall–Kier alpha value is -0.520. The van der Waals surface area contributed by atoms with E-state index in [2.05, 4.69) is 6.58 Å². The first kappa shape index (κ1) is 18.5. The highest BCUT2D eigenvalue weighted by molar-refractivity contribution is 7.87. The Labute approximate surface area is 112 Å². The van der Waals surface area contributed by atoms with Crippen LogP contribution in [0.2, 0.25) is 0 Å². The topological polar surface area (TPSA) is 138 Å². The van der Waals surface area contributed by atoms with E-state index < -0.39 is 49.9 Å². The van der Waals surface area contributed by atoms with Gasteiger partial charge in [-0.15, -0.1) is 6.58 Å². The van der Waals surface area contributed by atoms with Crippen LogP contribution in [0.1, 0.15) is 6.92 Å². The zero-order chi connectivity index (χ0) is 15.3. The van der Waals surface area contributed by atoms with Gasteiger partial charge in [-0.25, -0.2) is 0 Å². The van der Waals surface area contributed by atoms with Gasteiger partial charge in [0.1, 0.15) is 5.25 Å². The fraction of sp³-hybridized carbons (Fsp3) is 0.778. The van der Waals surface area contributed by atoms with E-state index in [0.29, 0.717) is 0 Å². The summed E-state index contributed by atoms with van der Waals surface area (Å²) in [5.74, 6) is -2.12. The number of hydrogen-bond donors (Lipinski definition) is 3. The molecule has 0 aromatic carbocycles. The van der Waals surface area contributed by atoms with Crippen LogP contribution in [0.4, 0.5) is 0 Å². The summed E-state index contributed by atoms with van der Waals surface area (Å²) < 4.78 is 66.3. The van der Waals surface area contributed by atoms with Crippen molar-refractivity contribution in [3.05, 3.63) is 12.7 Å². The van der Waals surface area contributed by atoms with Crippen molar-refractivity contribution in [3.8, 4) is 0 Å².